The van der Waals surface area contributed by atoms with Gasteiger partial charge in [0.1, 0.15) is 0 Å². The van der Waals surface area contributed by atoms with Crippen LogP contribution in [0.25, 0.3) is 5.57 Å². The van der Waals surface area contributed by atoms with Crippen LogP contribution in [0.5, 0.6) is 0 Å². The molecule has 0 aliphatic carbocycles. The maximum absolute atomic E-state index is 12.4. The molecule has 0 bridgehead atoms. The van der Waals surface area contributed by atoms with Gasteiger partial charge in [0.2, 0.25) is 0 Å². The van der Waals surface area contributed by atoms with Gasteiger partial charge >= 0.3 is 0 Å². The Balaban J connectivity index is 1.77. The molecule has 3 heteroatoms. The van der Waals surface area contributed by atoms with Gasteiger partial charge in [0.15, 0.2) is 12.1 Å². The lowest BCUT2D eigenvalue weighted by Crippen LogP contribution is -2.03. The third-order valence-electron chi connectivity index (χ3n) is 3.46. The number of hydrogen-bond donors (Lipinski definition) is 0. The number of ketones is 1. The fraction of sp³-hybridized carbons (Fsp3) is 0.167. The Bertz CT molecular complexity index is 638. The molecular weight excluding hydrogens is 264 g/mol. The van der Waals surface area contributed by atoms with Crippen molar-refractivity contribution in [3.63, 3.8) is 0 Å². The van der Waals surface area contributed by atoms with Gasteiger partial charge in [-0.2, -0.15) is 0 Å². The molecule has 1 saturated heterocycles. The zero-order chi connectivity index (χ0) is 14.7. The van der Waals surface area contributed by atoms with Crippen LogP contribution in [0.3, 0.4) is 0 Å². The monoisotopic (exact) mass is 280 g/mol. The summed E-state index contributed by atoms with van der Waals surface area (Å²) in [7, 11) is 0. The molecule has 2 aromatic carbocycles. The number of hydrogen-bond acceptors (Lipinski definition) is 3. The third-order valence-corrected chi connectivity index (χ3v) is 3.46. The molecule has 0 amide bonds. The highest BCUT2D eigenvalue weighted by molar-refractivity contribution is 6.28. The van der Waals surface area contributed by atoms with Crippen molar-refractivity contribution in [1.82, 2.24) is 0 Å². The van der Waals surface area contributed by atoms with Crippen molar-refractivity contribution in [2.24, 2.45) is 0 Å². The van der Waals surface area contributed by atoms with E-state index in [9.17, 15) is 4.79 Å². The summed E-state index contributed by atoms with van der Waals surface area (Å²) in [5.74, 6) is -0.0685. The summed E-state index contributed by atoms with van der Waals surface area (Å²) >= 11 is 0. The van der Waals surface area contributed by atoms with Crippen molar-refractivity contribution in [2.75, 3.05) is 13.2 Å². The molecule has 106 valence electrons. The normalized spacial score (nSPS) is 15.0. The number of ether oxygens (including phenoxy) is 2. The molecule has 1 fully saturated rings. The van der Waals surface area contributed by atoms with Crippen molar-refractivity contribution >= 4 is 11.4 Å². The third kappa shape index (κ3) is 2.94. The summed E-state index contributed by atoms with van der Waals surface area (Å²) in [5, 5.41) is 0. The fourth-order valence-electron chi connectivity index (χ4n) is 2.29. The summed E-state index contributed by atoms with van der Waals surface area (Å²) in [6.45, 7) is 5.12. The van der Waals surface area contributed by atoms with E-state index in [4.69, 9.17) is 9.47 Å². The van der Waals surface area contributed by atoms with Gasteiger partial charge in [-0.15, -0.1) is 0 Å². The van der Waals surface area contributed by atoms with Gasteiger partial charge in [-0.05, 0) is 5.56 Å². The van der Waals surface area contributed by atoms with E-state index >= 15 is 0 Å². The summed E-state index contributed by atoms with van der Waals surface area (Å²) in [6, 6.07) is 16.8. The topological polar surface area (TPSA) is 35.5 Å². The Morgan fingerprint density at radius 3 is 2.14 bits per heavy atom. The molecule has 0 unspecified atom stereocenters. The minimum atomic E-state index is -0.313. The minimum absolute atomic E-state index is 0.0685. The number of benzene rings is 2. The largest absolute Gasteiger partial charge is 0.346 e. The van der Waals surface area contributed by atoms with Crippen molar-refractivity contribution in [3.05, 3.63) is 77.9 Å². The van der Waals surface area contributed by atoms with E-state index in [1.807, 2.05) is 42.5 Å². The maximum Gasteiger partial charge on any atom is 0.193 e. The predicted octanol–water partition coefficient (Wildman–Crippen LogP) is 3.63. The quantitative estimate of drug-likeness (QED) is 0.633. The zero-order valence-electron chi connectivity index (χ0n) is 11.6. The molecule has 0 N–H and O–H groups in total. The molecule has 1 aliphatic rings. The number of allylic oxidation sites excluding steroid dienone is 1. The van der Waals surface area contributed by atoms with Gasteiger partial charge in [0.25, 0.3) is 0 Å². The lowest BCUT2D eigenvalue weighted by molar-refractivity contribution is -0.0441. The summed E-state index contributed by atoms with van der Waals surface area (Å²) in [6.07, 6.45) is -0.313. The predicted molar refractivity (Wildman–Crippen MR) is 80.9 cm³/mol. The van der Waals surface area contributed by atoms with Crippen molar-refractivity contribution in [1.29, 1.82) is 0 Å². The molecule has 3 rings (SSSR count). The van der Waals surface area contributed by atoms with E-state index in [2.05, 4.69) is 6.58 Å². The number of rotatable bonds is 4. The number of carbonyl (C=O) groups is 1. The lowest BCUT2D eigenvalue weighted by Gasteiger charge is -2.10. The van der Waals surface area contributed by atoms with Crippen LogP contribution < -0.4 is 0 Å². The van der Waals surface area contributed by atoms with Crippen LogP contribution in [0, 0.1) is 0 Å². The average Bonchev–Trinajstić information content (AvgIpc) is 3.09. The first-order valence-electron chi connectivity index (χ1n) is 6.88. The van der Waals surface area contributed by atoms with Gasteiger partial charge in [-0.3, -0.25) is 4.79 Å². The van der Waals surface area contributed by atoms with Crippen LogP contribution in [0.4, 0.5) is 0 Å². The van der Waals surface area contributed by atoms with Crippen LogP contribution in [-0.2, 0) is 9.47 Å². The zero-order valence-corrected chi connectivity index (χ0v) is 11.6. The molecule has 21 heavy (non-hydrogen) atoms. The van der Waals surface area contributed by atoms with Crippen molar-refractivity contribution in [2.45, 2.75) is 6.29 Å². The summed E-state index contributed by atoms with van der Waals surface area (Å²) in [4.78, 5) is 12.4. The first kappa shape index (κ1) is 13.7. The smallest absolute Gasteiger partial charge is 0.193 e. The highest BCUT2D eigenvalue weighted by atomic mass is 16.7. The Hall–Kier alpha value is -2.23. The Labute approximate surface area is 123 Å². The average molecular weight is 280 g/mol. The molecule has 3 nitrogen and oxygen atoms in total. The van der Waals surface area contributed by atoms with Crippen LogP contribution in [-0.4, -0.2) is 19.0 Å². The van der Waals surface area contributed by atoms with E-state index < -0.39 is 0 Å². The van der Waals surface area contributed by atoms with Crippen molar-refractivity contribution < 1.29 is 14.3 Å². The molecule has 0 radical (unpaired) electrons. The first-order chi connectivity index (χ1) is 10.3. The fourth-order valence-corrected chi connectivity index (χ4v) is 2.29. The second kappa shape index (κ2) is 6.04. The van der Waals surface area contributed by atoms with Gasteiger partial charge in [0, 0.05) is 16.7 Å². The Morgan fingerprint density at radius 1 is 0.905 bits per heavy atom. The number of Topliss-reactive ketones (excluding diaryl/α,β-unsaturated/α-hetero) is 1. The van der Waals surface area contributed by atoms with Crippen LogP contribution in [0.15, 0.2) is 61.2 Å². The SMILES string of the molecule is C=C(C(=O)c1ccc(C2OCCO2)cc1)c1ccccc1. The Morgan fingerprint density at radius 2 is 1.52 bits per heavy atom. The van der Waals surface area contributed by atoms with Gasteiger partial charge in [-0.25, -0.2) is 0 Å². The molecule has 0 atom stereocenters. The van der Waals surface area contributed by atoms with Crippen LogP contribution in [0.2, 0.25) is 0 Å². The summed E-state index contributed by atoms with van der Waals surface area (Å²) in [5.41, 5.74) is 2.88. The van der Waals surface area contributed by atoms with Gasteiger partial charge in [-0.1, -0.05) is 61.2 Å². The molecular formula is C18H16O3. The Kier molecular flexibility index (Phi) is 3.95. The molecule has 0 spiro atoms. The lowest BCUT2D eigenvalue weighted by atomic mass is 9.97. The molecule has 0 saturated carbocycles. The second-order valence-electron chi connectivity index (χ2n) is 4.87. The van der Waals surface area contributed by atoms with Gasteiger partial charge in [0.05, 0.1) is 13.2 Å². The van der Waals surface area contributed by atoms with E-state index in [1.165, 1.54) is 0 Å². The molecule has 2 aromatic rings. The van der Waals surface area contributed by atoms with Crippen molar-refractivity contribution in [3.8, 4) is 0 Å². The van der Waals surface area contributed by atoms with Gasteiger partial charge < -0.3 is 9.47 Å². The van der Waals surface area contributed by atoms with E-state index in [-0.39, 0.29) is 12.1 Å². The molecule has 1 heterocycles. The highest BCUT2D eigenvalue weighted by Gasteiger charge is 2.19. The minimum Gasteiger partial charge on any atom is -0.346 e. The van der Waals surface area contributed by atoms with Crippen LogP contribution >= 0.6 is 0 Å². The highest BCUT2D eigenvalue weighted by Crippen LogP contribution is 2.24. The molecule has 1 aliphatic heterocycles. The molecule has 0 aromatic heterocycles. The van der Waals surface area contributed by atoms with E-state index in [1.54, 1.807) is 12.1 Å². The first-order valence-corrected chi connectivity index (χ1v) is 6.88. The van der Waals surface area contributed by atoms with Crippen LogP contribution in [0.1, 0.15) is 27.8 Å². The summed E-state index contributed by atoms with van der Waals surface area (Å²) < 4.78 is 10.9. The maximum atomic E-state index is 12.4. The van der Waals surface area contributed by atoms with E-state index in [0.717, 1.165) is 11.1 Å². The second-order valence-corrected chi connectivity index (χ2v) is 4.87. The van der Waals surface area contributed by atoms with E-state index in [0.29, 0.717) is 24.4 Å². The number of carbonyl (C=O) groups excluding carboxylic acids is 1. The standard InChI is InChI=1S/C18H16O3/c1-13(14-5-3-2-4-6-14)17(19)15-7-9-16(10-8-15)18-20-11-12-21-18/h2-10,18H,1,11-12H2.